The van der Waals surface area contributed by atoms with Gasteiger partial charge in [0.15, 0.2) is 5.78 Å². The van der Waals surface area contributed by atoms with E-state index in [9.17, 15) is 40.5 Å². The van der Waals surface area contributed by atoms with Crippen LogP contribution in [0, 0.1) is 13.8 Å². The molecular formula is C29H36O10. The van der Waals surface area contributed by atoms with Gasteiger partial charge in [-0.15, -0.1) is 0 Å². The Balaban J connectivity index is 1.31. The first kappa shape index (κ1) is 28.3. The van der Waals surface area contributed by atoms with Crippen LogP contribution in [0.25, 0.3) is 0 Å². The number of hydrogen-bond acceptors (Lipinski definition) is 10. The average molecular weight is 545 g/mol. The van der Waals surface area contributed by atoms with Crippen LogP contribution >= 0.6 is 0 Å². The largest absolute Gasteiger partial charge is 0.394 e. The monoisotopic (exact) mass is 544 g/mol. The summed E-state index contributed by atoms with van der Waals surface area (Å²) in [6, 6.07) is 11.6. The summed E-state index contributed by atoms with van der Waals surface area (Å²) in [5.41, 5.74) is 5.15. The van der Waals surface area contributed by atoms with Crippen molar-refractivity contribution in [1.82, 2.24) is 0 Å². The number of benzene rings is 2. The van der Waals surface area contributed by atoms with Crippen LogP contribution in [0.4, 0.5) is 0 Å². The van der Waals surface area contributed by atoms with Gasteiger partial charge >= 0.3 is 0 Å². The van der Waals surface area contributed by atoms with Gasteiger partial charge in [0, 0.05) is 0 Å². The Hall–Kier alpha value is -2.25. The SMILES string of the molecule is Cc1cc(C2CC2c2ccc([C@H]3OC(CO)[C@@H](O)C(O)C3=O)c(C)c2)ccc1[C@H]1O[C@H](CO)C(O)[C@H](O)[C@@H]1O. The van der Waals surface area contributed by atoms with E-state index in [2.05, 4.69) is 0 Å². The van der Waals surface area contributed by atoms with E-state index in [1.54, 1.807) is 6.07 Å². The van der Waals surface area contributed by atoms with Crippen LogP contribution < -0.4 is 0 Å². The molecule has 212 valence electrons. The zero-order valence-corrected chi connectivity index (χ0v) is 21.8. The Morgan fingerprint density at radius 3 is 1.79 bits per heavy atom. The molecule has 1 aliphatic carbocycles. The molecule has 1 saturated carbocycles. The van der Waals surface area contributed by atoms with Gasteiger partial charge in [-0.3, -0.25) is 4.79 Å². The normalized spacial score (nSPS) is 38.6. The Kier molecular flexibility index (Phi) is 7.95. The summed E-state index contributed by atoms with van der Waals surface area (Å²) in [5, 5.41) is 69.8. The highest BCUT2D eigenvalue weighted by atomic mass is 16.5. The fourth-order valence-electron chi connectivity index (χ4n) is 5.99. The van der Waals surface area contributed by atoms with E-state index in [0.717, 1.165) is 28.7 Å². The van der Waals surface area contributed by atoms with Crippen LogP contribution in [0.2, 0.25) is 0 Å². The molecule has 39 heavy (non-hydrogen) atoms. The second-order valence-corrected chi connectivity index (χ2v) is 11.0. The van der Waals surface area contributed by atoms with Gasteiger partial charge in [-0.05, 0) is 65.5 Å². The van der Waals surface area contributed by atoms with Gasteiger partial charge in [0.05, 0.1) is 13.2 Å². The Morgan fingerprint density at radius 2 is 1.26 bits per heavy atom. The van der Waals surface area contributed by atoms with Gasteiger partial charge in [-0.2, -0.15) is 0 Å². The van der Waals surface area contributed by atoms with Crippen molar-refractivity contribution in [3.63, 3.8) is 0 Å². The molecule has 2 aliphatic heterocycles. The molecule has 10 heteroatoms. The molecule has 5 unspecified atom stereocenters. The predicted molar refractivity (Wildman–Crippen MR) is 137 cm³/mol. The van der Waals surface area contributed by atoms with E-state index >= 15 is 0 Å². The van der Waals surface area contributed by atoms with Gasteiger partial charge in [0.2, 0.25) is 0 Å². The topological polar surface area (TPSA) is 177 Å². The summed E-state index contributed by atoms with van der Waals surface area (Å²) in [5.74, 6) is -0.112. The molecule has 10 nitrogen and oxygen atoms in total. The standard InChI is InChI=1S/C29H36O10/c1-12-7-14(3-5-16(12)28-26(36)24(34)22(32)20(10-30)38-28)18-9-19(18)15-4-6-17(13(2)8-15)29-27(37)25(35)23(33)21(11-31)39-29/h3-8,18-26,28-36H,9-11H2,1-2H3/t18?,19?,20-,21?,22?,23-,24+,25?,26+,28-,29-/m1/s1. The van der Waals surface area contributed by atoms with Crippen molar-refractivity contribution >= 4 is 5.78 Å². The summed E-state index contributed by atoms with van der Waals surface area (Å²) >= 11 is 0. The first-order chi connectivity index (χ1) is 18.6. The average Bonchev–Trinajstić information content (AvgIpc) is 3.73. The molecule has 2 aromatic rings. The van der Waals surface area contributed by atoms with Gasteiger partial charge in [-0.1, -0.05) is 36.4 Å². The number of aryl methyl sites for hydroxylation is 2. The van der Waals surface area contributed by atoms with Crippen LogP contribution in [0.1, 0.15) is 63.8 Å². The quantitative estimate of drug-likeness (QED) is 0.258. The number of carbonyl (C=O) groups excluding carboxylic acids is 1. The minimum atomic E-state index is -1.62. The summed E-state index contributed by atoms with van der Waals surface area (Å²) in [4.78, 5) is 12.6. The zero-order valence-electron chi connectivity index (χ0n) is 21.8. The number of aliphatic hydroxyl groups is 7. The molecule has 7 N–H and O–H groups in total. The summed E-state index contributed by atoms with van der Waals surface area (Å²) in [6.45, 7) is 2.75. The number of ether oxygens (including phenoxy) is 2. The van der Waals surface area contributed by atoms with Crippen molar-refractivity contribution in [2.45, 2.75) is 87.0 Å². The predicted octanol–water partition coefficient (Wildman–Crippen LogP) is -0.187. The minimum Gasteiger partial charge on any atom is -0.394 e. The molecule has 2 aromatic carbocycles. The van der Waals surface area contributed by atoms with Gasteiger partial charge < -0.3 is 45.2 Å². The third-order valence-corrected chi connectivity index (χ3v) is 8.46. The molecule has 2 saturated heterocycles. The van der Waals surface area contributed by atoms with Crippen LogP contribution in [0.15, 0.2) is 36.4 Å². The van der Waals surface area contributed by atoms with Crippen molar-refractivity contribution in [3.05, 3.63) is 69.8 Å². The fourth-order valence-corrected chi connectivity index (χ4v) is 5.99. The maximum atomic E-state index is 12.6. The van der Waals surface area contributed by atoms with E-state index in [-0.39, 0.29) is 11.8 Å². The van der Waals surface area contributed by atoms with Gasteiger partial charge in [0.25, 0.3) is 0 Å². The van der Waals surface area contributed by atoms with Crippen molar-refractivity contribution in [2.24, 2.45) is 0 Å². The van der Waals surface area contributed by atoms with Crippen molar-refractivity contribution in [2.75, 3.05) is 13.2 Å². The lowest BCUT2D eigenvalue weighted by atomic mass is 9.88. The highest BCUT2D eigenvalue weighted by molar-refractivity contribution is 5.90. The smallest absolute Gasteiger partial charge is 0.197 e. The van der Waals surface area contributed by atoms with E-state index < -0.39 is 73.9 Å². The van der Waals surface area contributed by atoms with Crippen LogP contribution in [-0.2, 0) is 14.3 Å². The molecule has 0 spiro atoms. The van der Waals surface area contributed by atoms with E-state index in [1.807, 2.05) is 44.2 Å². The number of ketones is 1. The first-order valence-corrected chi connectivity index (χ1v) is 13.2. The number of aliphatic hydroxyl groups excluding tert-OH is 7. The third kappa shape index (κ3) is 5.06. The van der Waals surface area contributed by atoms with Crippen molar-refractivity contribution in [1.29, 1.82) is 0 Å². The molecule has 3 fully saturated rings. The maximum Gasteiger partial charge on any atom is 0.197 e. The highest BCUT2D eigenvalue weighted by Gasteiger charge is 2.46. The van der Waals surface area contributed by atoms with Crippen molar-refractivity contribution in [3.8, 4) is 0 Å². The molecule has 11 atom stereocenters. The second-order valence-electron chi connectivity index (χ2n) is 11.0. The lowest BCUT2D eigenvalue weighted by Gasteiger charge is -2.40. The minimum absolute atomic E-state index is 0.260. The first-order valence-electron chi connectivity index (χ1n) is 13.2. The fraction of sp³-hybridized carbons (Fsp3) is 0.552. The lowest BCUT2D eigenvalue weighted by Crippen LogP contribution is -2.55. The van der Waals surface area contributed by atoms with E-state index in [4.69, 9.17) is 9.47 Å². The molecule has 5 rings (SSSR count). The number of carbonyl (C=O) groups is 1. The molecular weight excluding hydrogens is 508 g/mol. The molecule has 0 aromatic heterocycles. The van der Waals surface area contributed by atoms with E-state index in [1.165, 1.54) is 0 Å². The van der Waals surface area contributed by atoms with E-state index in [0.29, 0.717) is 11.1 Å². The second kappa shape index (κ2) is 11.0. The highest BCUT2D eigenvalue weighted by Crippen LogP contribution is 2.55. The molecule has 0 amide bonds. The lowest BCUT2D eigenvalue weighted by molar-refractivity contribution is -0.231. The number of rotatable bonds is 6. The molecule has 0 bridgehead atoms. The van der Waals surface area contributed by atoms with Crippen molar-refractivity contribution < 1.29 is 50.0 Å². The molecule has 0 radical (unpaired) electrons. The third-order valence-electron chi connectivity index (χ3n) is 8.46. The van der Waals surface area contributed by atoms with Crippen LogP contribution in [-0.4, -0.2) is 97.5 Å². The summed E-state index contributed by atoms with van der Waals surface area (Å²) in [7, 11) is 0. The zero-order chi connectivity index (χ0) is 28.2. The van der Waals surface area contributed by atoms with Gasteiger partial charge in [-0.25, -0.2) is 0 Å². The number of hydrogen-bond donors (Lipinski definition) is 7. The summed E-state index contributed by atoms with van der Waals surface area (Å²) in [6.07, 6.45) is -10.3. The number of Topliss-reactive ketones (excluding diaryl/α,β-unsaturated/α-hetero) is 1. The van der Waals surface area contributed by atoms with Gasteiger partial charge in [0.1, 0.15) is 54.9 Å². The maximum absolute atomic E-state index is 12.6. The summed E-state index contributed by atoms with van der Waals surface area (Å²) < 4.78 is 11.4. The molecule has 2 heterocycles. The Bertz CT molecular complexity index is 1210. The molecule has 3 aliphatic rings. The van der Waals surface area contributed by atoms with Crippen LogP contribution in [0.3, 0.4) is 0 Å². The Morgan fingerprint density at radius 1 is 0.718 bits per heavy atom. The Labute approximate surface area is 226 Å². The van der Waals surface area contributed by atoms with Crippen LogP contribution in [0.5, 0.6) is 0 Å².